The minimum Gasteiger partial charge on any atom is -0.497 e. The number of methoxy groups -OCH3 is 1. The molecule has 12 atom stereocenters. The summed E-state index contributed by atoms with van der Waals surface area (Å²) in [6.07, 6.45) is 26.3. The van der Waals surface area contributed by atoms with E-state index in [1.165, 1.54) is 86.6 Å². The van der Waals surface area contributed by atoms with Crippen LogP contribution in [0.5, 0.6) is 5.75 Å². The van der Waals surface area contributed by atoms with E-state index in [4.69, 9.17) is 4.74 Å². The van der Waals surface area contributed by atoms with E-state index in [1.54, 1.807) is 109 Å². The number of benzene rings is 10. The molecule has 774 valence electrons. The Morgan fingerprint density at radius 2 is 0.748 bits per heavy atom. The molecule has 10 aromatic carbocycles. The van der Waals surface area contributed by atoms with E-state index in [-0.39, 0.29) is 83.6 Å². The maximum atomic E-state index is 13.7. The average Bonchev–Trinajstić information content (AvgIpc) is 1.77. The highest BCUT2D eigenvalue weighted by molar-refractivity contribution is 7.88. The largest absolute Gasteiger partial charge is 0.497 e. The molecule has 2 saturated heterocycles. The van der Waals surface area contributed by atoms with Crippen LogP contribution in [0.15, 0.2) is 285 Å². The summed E-state index contributed by atoms with van der Waals surface area (Å²) in [5.74, 6) is 2.73. The van der Waals surface area contributed by atoms with E-state index in [1.807, 2.05) is 155 Å². The Labute approximate surface area is 862 Å². The predicted octanol–water partition coefficient (Wildman–Crippen LogP) is 20.6. The molecular formula is C120H139F4N11O11S. The predicted molar refractivity (Wildman–Crippen MR) is 568 cm³/mol. The molecule has 4 heterocycles. The summed E-state index contributed by atoms with van der Waals surface area (Å²) in [5.41, 5.74) is 11.1. The number of hydrogen-bond acceptors (Lipinski definition) is 13. The standard InChI is InChI=1S/C33H39FN4O3.C32H35FN2O2.C28H36FN3O4S.C27H29FN2O2/c1-37-17-19-38(20-18-37)33(40)30(7-4-16-35-31-22-29(31)24-12-14-27(34)15-13-24)36-32(39)25-10-8-23(9-11-25)26-5-3-6-28(21-26)41-2;33-27-19-17-23(18-20-27)28-22-26(28)13-5-2-6-15-29(34-31(36)25-11-3-1-4-12-25)32(37)35-21-9-14-24-10-7-8-16-30(24)35;1-37(35,36)32-18-16-31(17-19-32)28(34)26(30-27(33)22-8-4-2-5-9-22)11-7-3-6-10-23-20-25(23)21-12-14-24(29)15-13-21;28-23-15-13-20(14-16-23)24-19-22(24)11-5-2-6-12-25(27(32)30-17-7-8-18-30)29-26(31)21-9-3-1-4-10-21/h3,5-6,8-15,21,29-31,35H,4,7,16-20,22H2,1-2H3,(H,36,39);1,3-4,7-8,10-12,16-20,26,28-29H,2,5-6,9,13-15,21-22H2,(H,34,36);2,4-5,8-9,12-15,23,25-26H,3,6-7,10-11,16-20H2,1H3,(H,30,33);1,3-4,7-10,13-18,22,24-25H,2,5-6,11-12,19H2,(H,29,31)/t29?,30-,31?;26-,28+,29-;23-,25+,26-;22-,24+,25-/m0000/s1. The number of fused-ring (bicyclic) bond motifs is 1. The second-order valence-corrected chi connectivity index (χ2v) is 42.2. The molecule has 0 spiro atoms. The normalized spacial score (nSPS) is 19.4. The highest BCUT2D eigenvalue weighted by Crippen LogP contribution is 2.53. The van der Waals surface area contributed by atoms with Crippen molar-refractivity contribution in [3.05, 3.63) is 359 Å². The maximum absolute atomic E-state index is 13.7. The molecule has 1 aromatic heterocycles. The molecule has 4 saturated carbocycles. The van der Waals surface area contributed by atoms with Gasteiger partial charge in [-0.3, -0.25) is 42.9 Å². The summed E-state index contributed by atoms with van der Waals surface area (Å²) < 4.78 is 84.6. The second-order valence-electron chi connectivity index (χ2n) is 40.3. The number of hydrogen-bond donors (Lipinski definition) is 5. The van der Waals surface area contributed by atoms with Gasteiger partial charge in [0.15, 0.2) is 0 Å². The number of likely N-dealkylation sites (N-methyl/N-ethyl adjacent to an activating group) is 1. The van der Waals surface area contributed by atoms with Gasteiger partial charge in [-0.05, 0) is 305 Å². The van der Waals surface area contributed by atoms with Crippen molar-refractivity contribution >= 4 is 63.0 Å². The fourth-order valence-corrected chi connectivity index (χ4v) is 21.5. The van der Waals surface area contributed by atoms with Crippen LogP contribution in [0.1, 0.15) is 239 Å². The van der Waals surface area contributed by atoms with Gasteiger partial charge in [-0.2, -0.15) is 4.31 Å². The van der Waals surface area contributed by atoms with Gasteiger partial charge in [-0.25, -0.2) is 26.0 Å². The summed E-state index contributed by atoms with van der Waals surface area (Å²) in [6, 6.07) is 79.2. The molecule has 5 N–H and O–H groups in total. The summed E-state index contributed by atoms with van der Waals surface area (Å²) >= 11 is 0. The Morgan fingerprint density at radius 3 is 1.17 bits per heavy atom. The zero-order chi connectivity index (χ0) is 103. The van der Waals surface area contributed by atoms with E-state index < -0.39 is 34.2 Å². The van der Waals surface area contributed by atoms with Crippen molar-refractivity contribution in [1.29, 1.82) is 0 Å². The van der Waals surface area contributed by atoms with Gasteiger partial charge in [0.1, 0.15) is 53.2 Å². The Kier molecular flexibility index (Phi) is 39.2. The first-order chi connectivity index (χ1) is 71.3. The molecular weight excluding hydrogens is 1880 g/mol. The number of sulfonamides is 1. The third kappa shape index (κ3) is 32.2. The fraction of sp³-hybridized carbons (Fsp3) is 0.400. The number of carbonyl (C=O) groups excluding carboxylic acids is 8. The monoisotopic (exact) mass is 2020 g/mol. The minimum atomic E-state index is -3.29. The number of nitrogens with zero attached hydrogens (tertiary/aromatic N) is 6. The molecule has 27 heteroatoms. The molecule has 7 aliphatic rings. The van der Waals surface area contributed by atoms with Crippen LogP contribution in [-0.2, 0) is 30.8 Å². The van der Waals surface area contributed by atoms with Crippen LogP contribution in [0, 0.1) is 41.0 Å². The van der Waals surface area contributed by atoms with Crippen LogP contribution in [-0.4, -0.2) is 195 Å². The van der Waals surface area contributed by atoms with E-state index >= 15 is 0 Å². The van der Waals surface area contributed by atoms with Gasteiger partial charge in [-0.1, -0.05) is 203 Å². The second kappa shape index (κ2) is 53.4. The van der Waals surface area contributed by atoms with Gasteiger partial charge < -0.3 is 50.9 Å². The lowest BCUT2D eigenvalue weighted by Gasteiger charge is -2.35. The number of anilines is 1. The van der Waals surface area contributed by atoms with E-state index in [0.717, 1.165) is 157 Å². The fourth-order valence-electron chi connectivity index (χ4n) is 20.6. The van der Waals surface area contributed by atoms with Gasteiger partial charge in [0.25, 0.3) is 29.5 Å². The van der Waals surface area contributed by atoms with Crippen LogP contribution < -0.4 is 36.2 Å². The topological polar surface area (TPSA) is 261 Å². The third-order valence-electron chi connectivity index (χ3n) is 29.7. The molecule has 11 aromatic rings. The van der Waals surface area contributed by atoms with Crippen molar-refractivity contribution < 1.29 is 69.1 Å². The first-order valence-electron chi connectivity index (χ1n) is 52.5. The number of amides is 7. The zero-order valence-electron chi connectivity index (χ0n) is 84.5. The molecule has 0 bridgehead atoms. The quantitative estimate of drug-likeness (QED) is 0.0176. The SMILES string of the molecule is COc1cccc(-c2ccc(C(=O)N[C@@H](CCCNC3CC3c3ccc(F)cc3)C(=O)N3CCN(C)CC3)cc2)c1.CS(=O)(=O)N1CCN(C(=O)[C@H](CCCCC[C@H]2C[C@@H]2c2ccc(F)cc2)NC(=O)c2ccccc2)CC1.O=C(N[C@@H](CCCCC[C@H]1C[C@@H]1c1ccc(F)cc1)C(=O)N1CCCc2ccccc21)c1ccccc1.O=C(N[C@@H](CCCCC[C@H]1C[C@@H]1c1ccc(F)cc1)C(=O)n1cccc1)c1ccccc1. The molecule has 22 nitrogen and oxygen atoms in total. The molecule has 4 aliphatic carbocycles. The van der Waals surface area contributed by atoms with Crippen LogP contribution in [0.2, 0.25) is 0 Å². The number of ether oxygens (including phenoxy) is 1. The van der Waals surface area contributed by atoms with Gasteiger partial charge in [0.2, 0.25) is 27.7 Å². The Hall–Kier alpha value is -13.2. The zero-order valence-corrected chi connectivity index (χ0v) is 85.3. The minimum absolute atomic E-state index is 0.0185. The molecule has 3 aliphatic heterocycles. The number of piperazine rings is 2. The maximum Gasteiger partial charge on any atom is 0.253 e. The molecule has 18 rings (SSSR count). The van der Waals surface area contributed by atoms with Gasteiger partial charge in [0.05, 0.1) is 13.4 Å². The highest BCUT2D eigenvalue weighted by atomic mass is 32.2. The molecule has 2 unspecified atom stereocenters. The average molecular weight is 2020 g/mol. The lowest BCUT2D eigenvalue weighted by atomic mass is 9.99. The first kappa shape index (κ1) is 108. The number of aryl methyl sites for hydroxylation is 1. The first-order valence-corrected chi connectivity index (χ1v) is 54.4. The summed E-state index contributed by atoms with van der Waals surface area (Å²) in [5, 5.41) is 15.5. The Morgan fingerprint density at radius 1 is 0.367 bits per heavy atom. The van der Waals surface area contributed by atoms with Crippen LogP contribution in [0.4, 0.5) is 23.2 Å². The van der Waals surface area contributed by atoms with Crippen molar-refractivity contribution in [2.45, 2.75) is 202 Å². The van der Waals surface area contributed by atoms with Crippen molar-refractivity contribution in [2.75, 3.05) is 90.8 Å². The highest BCUT2D eigenvalue weighted by Gasteiger charge is 2.42. The van der Waals surface area contributed by atoms with E-state index in [9.17, 15) is 64.3 Å². The lowest BCUT2D eigenvalue weighted by molar-refractivity contribution is -0.135. The van der Waals surface area contributed by atoms with Crippen molar-refractivity contribution in [1.82, 2.24) is 50.2 Å². The number of rotatable bonds is 42. The van der Waals surface area contributed by atoms with Gasteiger partial charge in [-0.15, -0.1) is 0 Å². The van der Waals surface area contributed by atoms with Crippen LogP contribution in [0.3, 0.4) is 0 Å². The number of aromatic nitrogens is 1. The number of halogens is 4. The number of carbonyl (C=O) groups is 8. The van der Waals surface area contributed by atoms with Crippen LogP contribution in [0.25, 0.3) is 11.1 Å². The van der Waals surface area contributed by atoms with Gasteiger partial charge >= 0.3 is 0 Å². The molecule has 6 fully saturated rings. The third-order valence-corrected chi connectivity index (χ3v) is 31.0. The number of para-hydroxylation sites is 1. The van der Waals surface area contributed by atoms with Crippen LogP contribution >= 0.6 is 0 Å². The number of nitrogens with one attached hydrogen (secondary N) is 5. The molecule has 147 heavy (non-hydrogen) atoms. The van der Waals surface area contributed by atoms with Crippen molar-refractivity contribution in [3.63, 3.8) is 0 Å². The van der Waals surface area contributed by atoms with E-state index in [2.05, 4.69) is 44.6 Å². The summed E-state index contributed by atoms with van der Waals surface area (Å²) in [7, 11) is 0.405. The molecule has 0 radical (unpaired) electrons. The lowest BCUT2D eigenvalue weighted by Crippen LogP contribution is -2.55. The van der Waals surface area contributed by atoms with Crippen molar-refractivity contribution in [3.8, 4) is 16.9 Å². The van der Waals surface area contributed by atoms with Gasteiger partial charge in [0, 0.05) is 111 Å². The molecule has 7 amide bonds. The summed E-state index contributed by atoms with van der Waals surface area (Å²) in [4.78, 5) is 113. The van der Waals surface area contributed by atoms with E-state index in [0.29, 0.717) is 128 Å². The number of unbranched alkanes of at least 4 members (excludes halogenated alkanes) is 6. The Balaban J connectivity index is 0.000000147. The van der Waals surface area contributed by atoms with Crippen molar-refractivity contribution in [2.24, 2.45) is 17.8 Å². The smallest absolute Gasteiger partial charge is 0.253 e. The summed E-state index contributed by atoms with van der Waals surface area (Å²) in [6.45, 7) is 5.57. The Bertz CT molecular complexity index is 6230.